The molecule has 0 bridgehead atoms. The van der Waals surface area contributed by atoms with Crippen molar-refractivity contribution in [2.75, 3.05) is 7.05 Å². The molecule has 116 valence electrons. The standard InChI is InChI=1S/C8H11N.C6H14O3P.ClH/c1-9-7-8-5-3-2-4-6-8;1-5(2)8-10(7)9-6(3)4;/h2-6,9H,7H2,1H3;5-6H,1-4H3;1H/q;+1;. The Hall–Kier alpha value is -0.510. The van der Waals surface area contributed by atoms with Crippen molar-refractivity contribution >= 4 is 20.7 Å². The van der Waals surface area contributed by atoms with Crippen LogP contribution in [0, 0.1) is 0 Å². The summed E-state index contributed by atoms with van der Waals surface area (Å²) in [6.45, 7) is 8.22. The lowest BCUT2D eigenvalue weighted by atomic mass is 10.2. The maximum Gasteiger partial charge on any atom is 0.697 e. The molecule has 0 unspecified atom stereocenters. The first-order valence-electron chi connectivity index (χ1n) is 6.45. The zero-order valence-corrected chi connectivity index (χ0v) is 14.5. The van der Waals surface area contributed by atoms with Crippen molar-refractivity contribution in [2.45, 2.75) is 46.4 Å². The highest BCUT2D eigenvalue weighted by atomic mass is 35.5. The molecule has 0 aliphatic carbocycles. The van der Waals surface area contributed by atoms with Gasteiger partial charge in [0, 0.05) is 11.1 Å². The van der Waals surface area contributed by atoms with Crippen LogP contribution in [0.2, 0.25) is 0 Å². The molecular weight excluding hydrogens is 297 g/mol. The van der Waals surface area contributed by atoms with E-state index in [4.69, 9.17) is 9.05 Å². The number of halogens is 1. The minimum atomic E-state index is -1.91. The summed E-state index contributed by atoms with van der Waals surface area (Å²) in [5.41, 5.74) is 1.33. The van der Waals surface area contributed by atoms with Gasteiger partial charge in [0.15, 0.2) is 0 Å². The fraction of sp³-hybridized carbons (Fsp3) is 0.571. The SMILES string of the molecule is CC(C)O[P+](=O)OC(C)C.CNCc1ccccc1.Cl. The molecule has 0 spiro atoms. The smallest absolute Gasteiger partial charge is 0.316 e. The molecule has 0 saturated heterocycles. The molecule has 0 radical (unpaired) electrons. The molecule has 1 rings (SSSR count). The van der Waals surface area contributed by atoms with Gasteiger partial charge in [-0.25, -0.2) is 0 Å². The molecule has 6 heteroatoms. The van der Waals surface area contributed by atoms with Gasteiger partial charge in [0.1, 0.15) is 12.2 Å². The third kappa shape index (κ3) is 13.9. The first-order chi connectivity index (χ1) is 8.95. The van der Waals surface area contributed by atoms with Crippen LogP contribution in [0.1, 0.15) is 33.3 Å². The predicted molar refractivity (Wildman–Crippen MR) is 86.5 cm³/mol. The van der Waals surface area contributed by atoms with Crippen molar-refractivity contribution in [1.29, 1.82) is 0 Å². The summed E-state index contributed by atoms with van der Waals surface area (Å²) in [5.74, 6) is 0. The van der Waals surface area contributed by atoms with E-state index in [9.17, 15) is 4.57 Å². The van der Waals surface area contributed by atoms with Crippen LogP contribution in [0.4, 0.5) is 0 Å². The van der Waals surface area contributed by atoms with Crippen LogP contribution in [0.5, 0.6) is 0 Å². The summed E-state index contributed by atoms with van der Waals surface area (Å²) in [5, 5.41) is 3.08. The first kappa shape index (κ1) is 21.8. The number of hydrogen-bond acceptors (Lipinski definition) is 4. The molecular formula is C14H26ClNO3P+. The van der Waals surface area contributed by atoms with Crippen molar-refractivity contribution in [3.63, 3.8) is 0 Å². The summed E-state index contributed by atoms with van der Waals surface area (Å²) in [7, 11) is 0.0419. The Labute approximate surface area is 129 Å². The highest BCUT2D eigenvalue weighted by molar-refractivity contribution is 7.33. The summed E-state index contributed by atoms with van der Waals surface area (Å²) >= 11 is 0. The van der Waals surface area contributed by atoms with Crippen LogP contribution < -0.4 is 5.32 Å². The average Bonchev–Trinajstić information content (AvgIpc) is 2.29. The fourth-order valence-corrected chi connectivity index (χ4v) is 1.91. The fourth-order valence-electron chi connectivity index (χ4n) is 1.17. The summed E-state index contributed by atoms with van der Waals surface area (Å²) in [4.78, 5) is 0. The maximum absolute atomic E-state index is 10.8. The van der Waals surface area contributed by atoms with Crippen LogP contribution in [-0.4, -0.2) is 19.3 Å². The molecule has 20 heavy (non-hydrogen) atoms. The third-order valence-corrected chi connectivity index (χ3v) is 3.01. The van der Waals surface area contributed by atoms with Crippen LogP contribution >= 0.6 is 20.7 Å². The van der Waals surface area contributed by atoms with E-state index in [1.54, 1.807) is 0 Å². The highest BCUT2D eigenvalue weighted by Gasteiger charge is 2.23. The zero-order chi connectivity index (χ0) is 14.7. The van der Waals surface area contributed by atoms with Crippen molar-refractivity contribution in [2.24, 2.45) is 0 Å². The Morgan fingerprint density at radius 1 is 1.05 bits per heavy atom. The Morgan fingerprint density at radius 2 is 1.50 bits per heavy atom. The van der Waals surface area contributed by atoms with E-state index < -0.39 is 8.25 Å². The molecule has 1 aromatic carbocycles. The zero-order valence-electron chi connectivity index (χ0n) is 12.8. The Kier molecular flexibility index (Phi) is 14.7. The Balaban J connectivity index is 0. The van der Waals surface area contributed by atoms with Crippen molar-refractivity contribution in [3.8, 4) is 0 Å². The minimum absolute atomic E-state index is 0. The molecule has 0 aliphatic rings. The van der Waals surface area contributed by atoms with Crippen LogP contribution in [0.25, 0.3) is 0 Å². The van der Waals surface area contributed by atoms with E-state index in [1.165, 1.54) is 5.56 Å². The third-order valence-electron chi connectivity index (χ3n) is 1.82. The van der Waals surface area contributed by atoms with Gasteiger partial charge in [-0.2, -0.15) is 0 Å². The molecule has 0 saturated carbocycles. The van der Waals surface area contributed by atoms with Gasteiger partial charge in [0.2, 0.25) is 0 Å². The molecule has 1 N–H and O–H groups in total. The van der Waals surface area contributed by atoms with Crippen molar-refractivity contribution in [3.05, 3.63) is 35.9 Å². The van der Waals surface area contributed by atoms with Crippen molar-refractivity contribution < 1.29 is 13.6 Å². The second-order valence-electron chi connectivity index (χ2n) is 4.55. The normalized spacial score (nSPS) is 9.75. The summed E-state index contributed by atoms with van der Waals surface area (Å²) in [6, 6.07) is 10.3. The topological polar surface area (TPSA) is 47.6 Å². The van der Waals surface area contributed by atoms with Gasteiger partial charge < -0.3 is 5.32 Å². The molecule has 0 atom stereocenters. The first-order valence-corrected chi connectivity index (χ1v) is 7.54. The maximum atomic E-state index is 10.8. The quantitative estimate of drug-likeness (QED) is 0.792. The van der Waals surface area contributed by atoms with Crippen LogP contribution in [-0.2, 0) is 20.2 Å². The Morgan fingerprint density at radius 3 is 1.85 bits per heavy atom. The van der Waals surface area contributed by atoms with E-state index in [2.05, 4.69) is 17.4 Å². The second kappa shape index (κ2) is 13.5. The summed E-state index contributed by atoms with van der Waals surface area (Å²) in [6.07, 6.45) is -0.0790. The van der Waals surface area contributed by atoms with Crippen molar-refractivity contribution in [1.82, 2.24) is 5.32 Å². The number of rotatable bonds is 6. The summed E-state index contributed by atoms with van der Waals surface area (Å²) < 4.78 is 20.5. The number of benzene rings is 1. The lowest BCUT2D eigenvalue weighted by Gasteiger charge is -1.95. The van der Waals surface area contributed by atoms with E-state index in [0.717, 1.165) is 6.54 Å². The van der Waals surface area contributed by atoms with Gasteiger partial charge in [-0.15, -0.1) is 21.5 Å². The molecule has 0 aliphatic heterocycles. The monoisotopic (exact) mass is 322 g/mol. The number of hydrogen-bond donors (Lipinski definition) is 1. The molecule has 0 fully saturated rings. The molecule has 0 heterocycles. The van der Waals surface area contributed by atoms with Gasteiger partial charge in [0.25, 0.3) is 0 Å². The average molecular weight is 323 g/mol. The molecule has 0 amide bonds. The van der Waals surface area contributed by atoms with Gasteiger partial charge in [0.05, 0.1) is 0 Å². The predicted octanol–water partition coefficient (Wildman–Crippen LogP) is 4.32. The van der Waals surface area contributed by atoms with E-state index in [0.29, 0.717) is 0 Å². The van der Waals surface area contributed by atoms with E-state index in [-0.39, 0.29) is 24.6 Å². The number of nitrogens with one attached hydrogen (secondary N) is 1. The highest BCUT2D eigenvalue weighted by Crippen LogP contribution is 2.27. The van der Waals surface area contributed by atoms with E-state index in [1.807, 2.05) is 52.9 Å². The van der Waals surface area contributed by atoms with Crippen LogP contribution in [0.15, 0.2) is 30.3 Å². The minimum Gasteiger partial charge on any atom is -0.316 e. The molecule has 1 aromatic rings. The van der Waals surface area contributed by atoms with Gasteiger partial charge >= 0.3 is 8.25 Å². The van der Waals surface area contributed by atoms with Crippen LogP contribution in [0.3, 0.4) is 0 Å². The lowest BCUT2D eigenvalue weighted by Crippen LogP contribution is -2.04. The van der Waals surface area contributed by atoms with E-state index >= 15 is 0 Å². The Bertz CT molecular complexity index is 336. The second-order valence-corrected chi connectivity index (χ2v) is 5.42. The van der Waals surface area contributed by atoms with Gasteiger partial charge in [-0.1, -0.05) is 30.3 Å². The molecule has 0 aromatic heterocycles. The van der Waals surface area contributed by atoms with Gasteiger partial charge in [-0.3, -0.25) is 0 Å². The molecule has 4 nitrogen and oxygen atoms in total. The van der Waals surface area contributed by atoms with Gasteiger partial charge in [-0.05, 0) is 40.3 Å². The largest absolute Gasteiger partial charge is 0.697 e. The lowest BCUT2D eigenvalue weighted by molar-refractivity contribution is 0.161.